The second-order valence-electron chi connectivity index (χ2n) is 3.62. The van der Waals surface area contributed by atoms with Crippen molar-refractivity contribution >= 4 is 35.6 Å². The molecule has 0 spiro atoms. The van der Waals surface area contributed by atoms with Crippen molar-refractivity contribution in [2.45, 2.75) is 13.8 Å². The summed E-state index contributed by atoms with van der Waals surface area (Å²) in [6.07, 6.45) is 4.73. The van der Waals surface area contributed by atoms with E-state index in [9.17, 15) is 4.79 Å². The maximum absolute atomic E-state index is 11.0. The number of nitrogens with zero attached hydrogens (tertiary/aromatic N) is 2. The molecule has 0 aromatic heterocycles. The van der Waals surface area contributed by atoms with E-state index in [1.807, 2.05) is 30.3 Å². The fraction of sp³-hybridized carbons (Fsp3) is 0.214. The number of allylic oxidation sites excluding steroid dienone is 1. The van der Waals surface area contributed by atoms with E-state index in [0.29, 0.717) is 17.3 Å². The first-order chi connectivity index (χ1) is 9.11. The van der Waals surface area contributed by atoms with Crippen LogP contribution in [0.2, 0.25) is 5.02 Å². The number of halogens is 1. The number of benzene rings is 1. The molecule has 0 aliphatic carbocycles. The number of esters is 1. The number of ether oxygens (including phenoxy) is 1. The van der Waals surface area contributed by atoms with Gasteiger partial charge in [0.15, 0.2) is 0 Å². The molecule has 0 radical (unpaired) electrons. The Labute approximate surface area is 117 Å². The van der Waals surface area contributed by atoms with Gasteiger partial charge in [-0.25, -0.2) is 4.79 Å². The van der Waals surface area contributed by atoms with Gasteiger partial charge < -0.3 is 4.74 Å². The van der Waals surface area contributed by atoms with Crippen LogP contribution in [0, 0.1) is 0 Å². The maximum atomic E-state index is 11.0. The highest BCUT2D eigenvalue weighted by Crippen LogP contribution is 2.10. The summed E-state index contributed by atoms with van der Waals surface area (Å²) in [5.74, 6) is -0.499. The predicted molar refractivity (Wildman–Crippen MR) is 78.7 cm³/mol. The Morgan fingerprint density at radius 3 is 2.68 bits per heavy atom. The van der Waals surface area contributed by atoms with Crippen LogP contribution in [-0.2, 0) is 9.53 Å². The van der Waals surface area contributed by atoms with Crippen LogP contribution in [0.1, 0.15) is 19.4 Å². The van der Waals surface area contributed by atoms with Gasteiger partial charge in [0.25, 0.3) is 0 Å². The molecule has 4 nitrogen and oxygen atoms in total. The lowest BCUT2D eigenvalue weighted by molar-refractivity contribution is -0.134. The van der Waals surface area contributed by atoms with E-state index in [0.717, 1.165) is 11.8 Å². The largest absolute Gasteiger partial charge is 0.462 e. The van der Waals surface area contributed by atoms with E-state index in [-0.39, 0.29) is 0 Å². The van der Waals surface area contributed by atoms with Gasteiger partial charge in [0.05, 0.1) is 12.3 Å². The third-order valence-corrected chi connectivity index (χ3v) is 2.30. The van der Waals surface area contributed by atoms with Gasteiger partial charge in [-0.1, -0.05) is 29.8 Å². The minimum Gasteiger partial charge on any atom is -0.462 e. The molecule has 1 aromatic rings. The van der Waals surface area contributed by atoms with E-state index in [2.05, 4.69) is 14.9 Å². The second-order valence-corrected chi connectivity index (χ2v) is 4.06. The van der Waals surface area contributed by atoms with Crippen LogP contribution in [0.25, 0.3) is 6.08 Å². The average Bonchev–Trinajstić information content (AvgIpc) is 2.38. The Hall–Kier alpha value is -1.94. The van der Waals surface area contributed by atoms with Crippen LogP contribution < -0.4 is 0 Å². The van der Waals surface area contributed by atoms with E-state index in [1.54, 1.807) is 19.9 Å². The summed E-state index contributed by atoms with van der Waals surface area (Å²) in [7, 11) is 0. The summed E-state index contributed by atoms with van der Waals surface area (Å²) in [6.45, 7) is 3.84. The molecule has 0 atom stereocenters. The van der Waals surface area contributed by atoms with Gasteiger partial charge >= 0.3 is 5.97 Å². The standard InChI is InChI=1S/C14H15ClN2O2/c1-3-19-14(18)10-16-17-11(2)4-5-12-6-8-13(15)9-7-12/h4-10H,3H2,1-2H3/b5-4+,16-10-,17-11-. The van der Waals surface area contributed by atoms with Crippen molar-refractivity contribution in [3.8, 4) is 0 Å². The van der Waals surface area contributed by atoms with Gasteiger partial charge in [0, 0.05) is 5.02 Å². The highest BCUT2D eigenvalue weighted by molar-refractivity contribution is 6.30. The molecule has 0 heterocycles. The highest BCUT2D eigenvalue weighted by Gasteiger charge is 1.93. The molecule has 1 aromatic carbocycles. The summed E-state index contributed by atoms with van der Waals surface area (Å²) in [6, 6.07) is 7.42. The zero-order valence-corrected chi connectivity index (χ0v) is 11.6. The third-order valence-electron chi connectivity index (χ3n) is 2.05. The van der Waals surface area contributed by atoms with Crippen LogP contribution in [-0.4, -0.2) is 24.5 Å². The van der Waals surface area contributed by atoms with Crippen molar-refractivity contribution in [3.63, 3.8) is 0 Å². The van der Waals surface area contributed by atoms with E-state index in [1.165, 1.54) is 0 Å². The van der Waals surface area contributed by atoms with Crippen LogP contribution in [0.3, 0.4) is 0 Å². The highest BCUT2D eigenvalue weighted by atomic mass is 35.5. The second kappa shape index (κ2) is 8.21. The van der Waals surface area contributed by atoms with E-state index in [4.69, 9.17) is 11.6 Å². The Kier molecular flexibility index (Phi) is 6.53. The molecule has 5 heteroatoms. The van der Waals surface area contributed by atoms with Gasteiger partial charge in [-0.15, -0.1) is 0 Å². The summed E-state index contributed by atoms with van der Waals surface area (Å²) in [5.41, 5.74) is 1.68. The normalized spacial score (nSPS) is 12.3. The average molecular weight is 279 g/mol. The van der Waals surface area contributed by atoms with Crippen LogP contribution in [0.5, 0.6) is 0 Å². The molecule has 19 heavy (non-hydrogen) atoms. The van der Waals surface area contributed by atoms with E-state index >= 15 is 0 Å². The molecule has 0 amide bonds. The molecule has 0 bridgehead atoms. The number of hydrogen-bond donors (Lipinski definition) is 0. The number of carbonyl (C=O) groups excluding carboxylic acids is 1. The Bertz CT molecular complexity index is 505. The number of carbonyl (C=O) groups is 1. The molecule has 0 aliphatic rings. The first kappa shape index (κ1) is 15.1. The smallest absolute Gasteiger partial charge is 0.351 e. The minimum absolute atomic E-state index is 0.323. The first-order valence-corrected chi connectivity index (χ1v) is 6.17. The Morgan fingerprint density at radius 2 is 2.05 bits per heavy atom. The van der Waals surface area contributed by atoms with Gasteiger partial charge in [-0.3, -0.25) is 0 Å². The van der Waals surface area contributed by atoms with Crippen molar-refractivity contribution in [2.75, 3.05) is 6.61 Å². The molecule has 0 aliphatic heterocycles. The molecule has 0 saturated heterocycles. The molecule has 100 valence electrons. The van der Waals surface area contributed by atoms with Gasteiger partial charge in [0.2, 0.25) is 0 Å². The molecular formula is C14H15ClN2O2. The molecule has 0 fully saturated rings. The Balaban J connectivity index is 2.56. The summed E-state index contributed by atoms with van der Waals surface area (Å²) in [5, 5.41) is 8.18. The van der Waals surface area contributed by atoms with Crippen molar-refractivity contribution in [3.05, 3.63) is 40.9 Å². The third kappa shape index (κ3) is 6.52. The van der Waals surface area contributed by atoms with Crippen molar-refractivity contribution < 1.29 is 9.53 Å². The lowest BCUT2D eigenvalue weighted by Gasteiger charge is -1.94. The summed E-state index contributed by atoms with van der Waals surface area (Å²) in [4.78, 5) is 11.0. The van der Waals surface area contributed by atoms with Crippen molar-refractivity contribution in [2.24, 2.45) is 10.2 Å². The number of hydrogen-bond acceptors (Lipinski definition) is 4. The SMILES string of the molecule is CCOC(=O)\C=N/N=C(C)\C=C\c1ccc(Cl)cc1. The van der Waals surface area contributed by atoms with Crippen LogP contribution in [0.4, 0.5) is 0 Å². The molecule has 0 saturated carbocycles. The van der Waals surface area contributed by atoms with E-state index < -0.39 is 5.97 Å². The lowest BCUT2D eigenvalue weighted by Crippen LogP contribution is -2.04. The molecule has 0 unspecified atom stereocenters. The summed E-state index contributed by atoms with van der Waals surface area (Å²) < 4.78 is 4.68. The fourth-order valence-corrected chi connectivity index (χ4v) is 1.30. The van der Waals surface area contributed by atoms with Gasteiger partial charge in [-0.05, 0) is 37.6 Å². The van der Waals surface area contributed by atoms with Gasteiger partial charge in [-0.2, -0.15) is 10.2 Å². The van der Waals surface area contributed by atoms with Crippen LogP contribution in [0.15, 0.2) is 40.5 Å². The monoisotopic (exact) mass is 278 g/mol. The lowest BCUT2D eigenvalue weighted by atomic mass is 10.2. The zero-order chi connectivity index (χ0) is 14.1. The number of rotatable bonds is 5. The quantitative estimate of drug-likeness (QED) is 0.471. The minimum atomic E-state index is -0.499. The van der Waals surface area contributed by atoms with Gasteiger partial charge in [0.1, 0.15) is 6.21 Å². The molecular weight excluding hydrogens is 264 g/mol. The maximum Gasteiger partial charge on any atom is 0.351 e. The molecule has 0 N–H and O–H groups in total. The topological polar surface area (TPSA) is 51.0 Å². The fourth-order valence-electron chi connectivity index (χ4n) is 1.17. The summed E-state index contributed by atoms with van der Waals surface area (Å²) >= 11 is 5.79. The zero-order valence-electron chi connectivity index (χ0n) is 10.8. The van der Waals surface area contributed by atoms with Crippen molar-refractivity contribution in [1.82, 2.24) is 0 Å². The predicted octanol–water partition coefficient (Wildman–Crippen LogP) is 3.36. The van der Waals surface area contributed by atoms with Crippen molar-refractivity contribution in [1.29, 1.82) is 0 Å². The Morgan fingerprint density at radius 1 is 1.37 bits per heavy atom. The first-order valence-electron chi connectivity index (χ1n) is 5.80. The van der Waals surface area contributed by atoms with Crippen LogP contribution >= 0.6 is 11.6 Å². The molecule has 1 rings (SSSR count).